The Kier molecular flexibility index (Phi) is 7.37. The first-order chi connectivity index (χ1) is 26.6. The Labute approximate surface area is 320 Å². The van der Waals surface area contributed by atoms with Crippen LogP contribution in [-0.2, 0) is 5.41 Å². The van der Waals surface area contributed by atoms with Gasteiger partial charge in [-0.25, -0.2) is 4.98 Å². The molecule has 0 saturated carbocycles. The van der Waals surface area contributed by atoms with Crippen molar-refractivity contribution in [2.24, 2.45) is 0 Å². The molecule has 3 aromatic heterocycles. The number of hydrogen-bond acceptors (Lipinski definition) is 5. The highest BCUT2D eigenvalue weighted by Crippen LogP contribution is 2.47. The number of pyridine rings is 1. The fourth-order valence-corrected chi connectivity index (χ4v) is 8.68. The van der Waals surface area contributed by atoms with Gasteiger partial charge in [-0.1, -0.05) is 74.9 Å². The molecule has 10 rings (SSSR count). The largest absolute Gasteiger partial charge is 0.457 e. The van der Waals surface area contributed by atoms with Gasteiger partial charge in [-0.05, 0) is 110 Å². The SMILES string of the molecule is Cc1cc(C)c(N2CN(c3cccc(Oc4ccc5c6ccc7oc8ccccc8c7c6n(-c6cc(C(C)(C)C)ccn6)c5c4)c3)c3ccccc32)c(C)c1. The second-order valence-electron chi connectivity index (χ2n) is 15.9. The second kappa shape index (κ2) is 12.3. The number of anilines is 4. The van der Waals surface area contributed by atoms with Gasteiger partial charge < -0.3 is 19.0 Å². The maximum atomic E-state index is 6.75. The summed E-state index contributed by atoms with van der Waals surface area (Å²) < 4.78 is 15.4. The maximum absolute atomic E-state index is 6.75. The maximum Gasteiger partial charge on any atom is 0.137 e. The van der Waals surface area contributed by atoms with Gasteiger partial charge in [0.25, 0.3) is 0 Å². The molecule has 1 aliphatic heterocycles. The van der Waals surface area contributed by atoms with E-state index in [9.17, 15) is 0 Å². The van der Waals surface area contributed by atoms with E-state index in [0.717, 1.165) is 66.7 Å². The van der Waals surface area contributed by atoms with E-state index < -0.39 is 0 Å². The third kappa shape index (κ3) is 5.35. The van der Waals surface area contributed by atoms with Crippen LogP contribution in [0.3, 0.4) is 0 Å². The Morgan fingerprint density at radius 3 is 2.16 bits per heavy atom. The number of aryl methyl sites for hydroxylation is 3. The minimum Gasteiger partial charge on any atom is -0.457 e. The summed E-state index contributed by atoms with van der Waals surface area (Å²) in [5.41, 5.74) is 13.5. The van der Waals surface area contributed by atoms with E-state index in [1.165, 1.54) is 39.3 Å². The molecule has 0 atom stereocenters. The molecule has 0 radical (unpaired) electrons. The monoisotopic (exact) mass is 718 g/mol. The lowest BCUT2D eigenvalue weighted by Gasteiger charge is -2.25. The van der Waals surface area contributed by atoms with Gasteiger partial charge in [0, 0.05) is 45.9 Å². The predicted octanol–water partition coefficient (Wildman–Crippen LogP) is 13.3. The molecule has 0 unspecified atom stereocenters. The molecular formula is C49H42N4O2. The number of ether oxygens (including phenoxy) is 1. The van der Waals surface area contributed by atoms with Gasteiger partial charge >= 0.3 is 0 Å². The van der Waals surface area contributed by atoms with Crippen LogP contribution in [0.15, 0.2) is 138 Å². The number of para-hydroxylation sites is 3. The van der Waals surface area contributed by atoms with Crippen molar-refractivity contribution in [2.75, 3.05) is 16.5 Å². The number of furan rings is 1. The van der Waals surface area contributed by atoms with E-state index >= 15 is 0 Å². The second-order valence-corrected chi connectivity index (χ2v) is 15.9. The average molecular weight is 719 g/mol. The van der Waals surface area contributed by atoms with Crippen LogP contribution in [-0.4, -0.2) is 16.2 Å². The molecule has 6 aromatic carbocycles. The molecule has 6 heteroatoms. The lowest BCUT2D eigenvalue weighted by Crippen LogP contribution is -2.25. The predicted molar refractivity (Wildman–Crippen MR) is 227 cm³/mol. The molecule has 0 saturated heterocycles. The fraction of sp³-hybridized carbons (Fsp3) is 0.163. The molecule has 0 spiro atoms. The molecule has 6 nitrogen and oxygen atoms in total. The lowest BCUT2D eigenvalue weighted by atomic mass is 9.88. The zero-order valence-corrected chi connectivity index (χ0v) is 32.0. The molecule has 0 N–H and O–H groups in total. The van der Waals surface area contributed by atoms with E-state index in [2.05, 4.69) is 165 Å². The Bertz CT molecular complexity index is 2960. The highest BCUT2D eigenvalue weighted by atomic mass is 16.5. The number of hydrogen-bond donors (Lipinski definition) is 0. The summed E-state index contributed by atoms with van der Waals surface area (Å²) in [6.07, 6.45) is 1.92. The van der Waals surface area contributed by atoms with Crippen LogP contribution in [0.4, 0.5) is 22.7 Å². The first-order valence-electron chi connectivity index (χ1n) is 19.0. The number of nitrogens with zero attached hydrogens (tertiary/aromatic N) is 4. The van der Waals surface area contributed by atoms with Crippen LogP contribution in [0.1, 0.15) is 43.0 Å². The molecule has 0 bridgehead atoms. The van der Waals surface area contributed by atoms with Crippen LogP contribution in [0, 0.1) is 20.8 Å². The molecule has 1 aliphatic rings. The lowest BCUT2D eigenvalue weighted by molar-refractivity contribution is 0.483. The van der Waals surface area contributed by atoms with Crippen molar-refractivity contribution < 1.29 is 9.15 Å². The van der Waals surface area contributed by atoms with Gasteiger partial charge in [-0.3, -0.25) is 4.57 Å². The Morgan fingerprint density at radius 1 is 0.636 bits per heavy atom. The highest BCUT2D eigenvalue weighted by Gasteiger charge is 2.30. The normalized spacial score (nSPS) is 13.1. The van der Waals surface area contributed by atoms with Crippen molar-refractivity contribution in [3.05, 3.63) is 156 Å². The average Bonchev–Trinajstić information content (AvgIpc) is 3.84. The van der Waals surface area contributed by atoms with E-state index in [-0.39, 0.29) is 5.41 Å². The number of aromatic nitrogens is 2. The Hall–Kier alpha value is -6.53. The summed E-state index contributed by atoms with van der Waals surface area (Å²) in [7, 11) is 0. The summed E-state index contributed by atoms with van der Waals surface area (Å²) in [6.45, 7) is 14.0. The van der Waals surface area contributed by atoms with E-state index in [1.54, 1.807) is 0 Å². The zero-order chi connectivity index (χ0) is 37.6. The summed E-state index contributed by atoms with van der Waals surface area (Å²) in [4.78, 5) is 9.78. The molecule has 0 amide bonds. The standard InChI is InChI=1S/C49H42N4O2/c1-30-24-31(2)47(32(3)25-30)52-29-51(40-15-8-9-16-41(40)52)34-12-11-13-35(27-34)54-36-18-19-37-38-20-21-44-46(39-14-7-10-17-43(39)55-44)48(38)53(42(37)28-36)45-26-33(22-23-50-45)49(4,5)6/h7-28H,29H2,1-6H3. The first kappa shape index (κ1) is 33.1. The smallest absolute Gasteiger partial charge is 0.137 e. The van der Waals surface area contributed by atoms with Crippen molar-refractivity contribution in [3.63, 3.8) is 0 Å². The third-order valence-corrected chi connectivity index (χ3v) is 11.1. The summed E-state index contributed by atoms with van der Waals surface area (Å²) in [6, 6.07) is 44.9. The molecule has 0 fully saturated rings. The molecule has 9 aromatic rings. The quantitative estimate of drug-likeness (QED) is 0.177. The number of benzene rings is 6. The Morgan fingerprint density at radius 2 is 1.36 bits per heavy atom. The van der Waals surface area contributed by atoms with Crippen LogP contribution < -0.4 is 14.5 Å². The molecule has 4 heterocycles. The van der Waals surface area contributed by atoms with Crippen LogP contribution in [0.5, 0.6) is 11.5 Å². The first-order valence-corrected chi connectivity index (χ1v) is 19.0. The van der Waals surface area contributed by atoms with E-state index in [4.69, 9.17) is 14.1 Å². The van der Waals surface area contributed by atoms with Crippen LogP contribution in [0.2, 0.25) is 0 Å². The summed E-state index contributed by atoms with van der Waals surface area (Å²) >= 11 is 0. The van der Waals surface area contributed by atoms with E-state index in [1.807, 2.05) is 24.4 Å². The van der Waals surface area contributed by atoms with Crippen LogP contribution in [0.25, 0.3) is 49.6 Å². The molecule has 0 aliphatic carbocycles. The van der Waals surface area contributed by atoms with E-state index in [0.29, 0.717) is 6.67 Å². The highest BCUT2D eigenvalue weighted by molar-refractivity contribution is 6.24. The van der Waals surface area contributed by atoms with Gasteiger partial charge in [0.2, 0.25) is 0 Å². The molecule has 55 heavy (non-hydrogen) atoms. The van der Waals surface area contributed by atoms with Gasteiger partial charge in [0.1, 0.15) is 35.2 Å². The third-order valence-electron chi connectivity index (χ3n) is 11.1. The van der Waals surface area contributed by atoms with Crippen LogP contribution >= 0.6 is 0 Å². The van der Waals surface area contributed by atoms with Gasteiger partial charge in [-0.2, -0.15) is 0 Å². The van der Waals surface area contributed by atoms with Crippen molar-refractivity contribution in [3.8, 4) is 17.3 Å². The summed E-state index contributed by atoms with van der Waals surface area (Å²) in [5, 5.41) is 4.43. The Balaban J connectivity index is 1.09. The fourth-order valence-electron chi connectivity index (χ4n) is 8.68. The number of rotatable bonds is 5. The van der Waals surface area contributed by atoms with Gasteiger partial charge in [0.15, 0.2) is 0 Å². The van der Waals surface area contributed by atoms with Crippen molar-refractivity contribution in [1.82, 2.24) is 9.55 Å². The van der Waals surface area contributed by atoms with Crippen molar-refractivity contribution >= 4 is 66.5 Å². The zero-order valence-electron chi connectivity index (χ0n) is 32.0. The van der Waals surface area contributed by atoms with Crippen molar-refractivity contribution in [1.29, 1.82) is 0 Å². The van der Waals surface area contributed by atoms with Gasteiger partial charge in [0.05, 0.1) is 27.8 Å². The minimum absolute atomic E-state index is 0.0436. The minimum atomic E-state index is -0.0436. The molecular weight excluding hydrogens is 677 g/mol. The molecule has 270 valence electrons. The summed E-state index contributed by atoms with van der Waals surface area (Å²) in [5.74, 6) is 2.39. The van der Waals surface area contributed by atoms with Crippen molar-refractivity contribution in [2.45, 2.75) is 47.0 Å². The number of fused-ring (bicyclic) bond motifs is 8. The topological polar surface area (TPSA) is 46.7 Å². The van der Waals surface area contributed by atoms with Gasteiger partial charge in [-0.15, -0.1) is 0 Å².